The minimum atomic E-state index is 0.239. The molecule has 0 spiro atoms. The number of rotatable bonds is 4. The van der Waals surface area contributed by atoms with Crippen molar-refractivity contribution in [3.63, 3.8) is 0 Å². The van der Waals surface area contributed by atoms with Crippen LogP contribution in [0.2, 0.25) is 0 Å². The van der Waals surface area contributed by atoms with Gasteiger partial charge in [-0.3, -0.25) is 0 Å². The average molecular weight is 247 g/mol. The third-order valence-corrected chi connectivity index (χ3v) is 3.93. The summed E-state index contributed by atoms with van der Waals surface area (Å²) in [5, 5.41) is 0. The van der Waals surface area contributed by atoms with Gasteiger partial charge in [-0.2, -0.15) is 0 Å². The molecular weight excluding hydrogens is 222 g/mol. The number of hydrogen-bond acceptors (Lipinski definition) is 3. The molecule has 18 heavy (non-hydrogen) atoms. The molecule has 0 saturated carbocycles. The van der Waals surface area contributed by atoms with E-state index in [9.17, 15) is 0 Å². The first-order valence-electron chi connectivity index (χ1n) is 7.08. The molecule has 2 rings (SSSR count). The molecule has 1 saturated heterocycles. The molecule has 1 aromatic rings. The van der Waals surface area contributed by atoms with Crippen LogP contribution < -0.4 is 10.6 Å². The Hall–Kier alpha value is -1.09. The second-order valence-electron chi connectivity index (χ2n) is 5.70. The second-order valence-corrected chi connectivity index (χ2v) is 5.70. The Kier molecular flexibility index (Phi) is 4.23. The van der Waals surface area contributed by atoms with Gasteiger partial charge in [0.2, 0.25) is 0 Å². The molecule has 0 radical (unpaired) electrons. The maximum absolute atomic E-state index is 6.09. The van der Waals surface area contributed by atoms with E-state index in [1.165, 1.54) is 12.0 Å². The minimum Gasteiger partial charge on any atom is -0.353 e. The zero-order valence-electron chi connectivity index (χ0n) is 11.8. The van der Waals surface area contributed by atoms with Gasteiger partial charge >= 0.3 is 0 Å². The normalized spacial score (nSPS) is 25.4. The van der Waals surface area contributed by atoms with Gasteiger partial charge in [-0.05, 0) is 43.7 Å². The summed E-state index contributed by atoms with van der Waals surface area (Å²) in [7, 11) is 0. The first-order valence-corrected chi connectivity index (χ1v) is 7.08. The molecule has 1 fully saturated rings. The van der Waals surface area contributed by atoms with Gasteiger partial charge < -0.3 is 10.6 Å². The van der Waals surface area contributed by atoms with E-state index in [4.69, 9.17) is 5.73 Å². The summed E-state index contributed by atoms with van der Waals surface area (Å²) >= 11 is 0. The molecule has 100 valence electrons. The zero-order valence-corrected chi connectivity index (χ0v) is 11.8. The van der Waals surface area contributed by atoms with Gasteiger partial charge in [0, 0.05) is 24.8 Å². The predicted molar refractivity (Wildman–Crippen MR) is 76.8 cm³/mol. The summed E-state index contributed by atoms with van der Waals surface area (Å²) in [6, 6.07) is 5.02. The Bertz CT molecular complexity index is 391. The van der Waals surface area contributed by atoms with E-state index in [-0.39, 0.29) is 6.04 Å². The van der Waals surface area contributed by atoms with Gasteiger partial charge in [0.05, 0.1) is 0 Å². The predicted octanol–water partition coefficient (Wildman–Crippen LogP) is 2.60. The van der Waals surface area contributed by atoms with E-state index in [0.29, 0.717) is 6.04 Å². The Morgan fingerprint density at radius 3 is 2.89 bits per heavy atom. The molecule has 1 aromatic heterocycles. The number of pyridine rings is 1. The van der Waals surface area contributed by atoms with Crippen LogP contribution >= 0.6 is 0 Å². The van der Waals surface area contributed by atoms with Crippen molar-refractivity contribution in [3.8, 4) is 0 Å². The SMILES string of the molecule is CCC(N)Cc1cccnc1N1CC(C)CC1C. The summed E-state index contributed by atoms with van der Waals surface area (Å²) in [6.07, 6.45) is 5.10. The first kappa shape index (κ1) is 13.3. The number of nitrogens with zero attached hydrogens (tertiary/aromatic N) is 2. The van der Waals surface area contributed by atoms with Crippen LogP contribution in [0.1, 0.15) is 39.2 Å². The van der Waals surface area contributed by atoms with E-state index in [1.807, 2.05) is 12.3 Å². The van der Waals surface area contributed by atoms with Gasteiger partial charge in [-0.1, -0.05) is 19.9 Å². The zero-order chi connectivity index (χ0) is 13.1. The highest BCUT2D eigenvalue weighted by molar-refractivity contribution is 5.49. The van der Waals surface area contributed by atoms with Crippen LogP contribution in [-0.2, 0) is 6.42 Å². The van der Waals surface area contributed by atoms with Crippen molar-refractivity contribution in [3.05, 3.63) is 23.9 Å². The molecule has 1 aliphatic rings. The van der Waals surface area contributed by atoms with Crippen LogP contribution in [0.5, 0.6) is 0 Å². The van der Waals surface area contributed by atoms with E-state index in [2.05, 4.69) is 36.7 Å². The molecule has 2 N–H and O–H groups in total. The van der Waals surface area contributed by atoms with Crippen molar-refractivity contribution in [1.82, 2.24) is 4.98 Å². The topological polar surface area (TPSA) is 42.1 Å². The Morgan fingerprint density at radius 1 is 1.50 bits per heavy atom. The lowest BCUT2D eigenvalue weighted by Gasteiger charge is -2.25. The highest BCUT2D eigenvalue weighted by Crippen LogP contribution is 2.30. The van der Waals surface area contributed by atoms with E-state index < -0.39 is 0 Å². The third kappa shape index (κ3) is 2.83. The molecule has 0 aliphatic carbocycles. The molecule has 3 atom stereocenters. The van der Waals surface area contributed by atoms with Crippen molar-refractivity contribution in [1.29, 1.82) is 0 Å². The molecule has 3 unspecified atom stereocenters. The number of aromatic nitrogens is 1. The quantitative estimate of drug-likeness (QED) is 0.889. The standard InChI is InChI=1S/C15H25N3/c1-4-14(16)9-13-6-5-7-17-15(13)18-10-11(2)8-12(18)3/h5-7,11-12,14H,4,8-10,16H2,1-3H3. The van der Waals surface area contributed by atoms with Crippen LogP contribution in [-0.4, -0.2) is 23.6 Å². The number of anilines is 1. The Labute approximate surface area is 110 Å². The van der Waals surface area contributed by atoms with Gasteiger partial charge in [0.25, 0.3) is 0 Å². The molecule has 2 heterocycles. The van der Waals surface area contributed by atoms with E-state index in [0.717, 1.165) is 31.1 Å². The molecule has 3 nitrogen and oxygen atoms in total. The lowest BCUT2D eigenvalue weighted by molar-refractivity contribution is 0.624. The summed E-state index contributed by atoms with van der Waals surface area (Å²) < 4.78 is 0. The maximum atomic E-state index is 6.09. The monoisotopic (exact) mass is 247 g/mol. The van der Waals surface area contributed by atoms with Crippen molar-refractivity contribution in [2.75, 3.05) is 11.4 Å². The van der Waals surface area contributed by atoms with Crippen molar-refractivity contribution in [2.45, 2.75) is 52.1 Å². The van der Waals surface area contributed by atoms with Crippen molar-refractivity contribution < 1.29 is 0 Å². The molecule has 0 aromatic carbocycles. The Balaban J connectivity index is 2.22. The third-order valence-electron chi connectivity index (χ3n) is 3.93. The fourth-order valence-electron chi connectivity index (χ4n) is 2.87. The smallest absolute Gasteiger partial charge is 0.132 e. The lowest BCUT2D eigenvalue weighted by Crippen LogP contribution is -2.30. The molecule has 0 bridgehead atoms. The minimum absolute atomic E-state index is 0.239. The van der Waals surface area contributed by atoms with Crippen LogP contribution in [0.4, 0.5) is 5.82 Å². The van der Waals surface area contributed by atoms with Gasteiger partial charge in [-0.25, -0.2) is 4.98 Å². The highest BCUT2D eigenvalue weighted by Gasteiger charge is 2.28. The average Bonchev–Trinajstić information content (AvgIpc) is 2.69. The molecular formula is C15H25N3. The first-order chi connectivity index (χ1) is 8.61. The largest absolute Gasteiger partial charge is 0.353 e. The summed E-state index contributed by atoms with van der Waals surface area (Å²) in [5.74, 6) is 1.91. The van der Waals surface area contributed by atoms with E-state index >= 15 is 0 Å². The van der Waals surface area contributed by atoms with Gasteiger partial charge in [0.15, 0.2) is 0 Å². The van der Waals surface area contributed by atoms with Gasteiger partial charge in [0.1, 0.15) is 5.82 Å². The molecule has 0 amide bonds. The van der Waals surface area contributed by atoms with Crippen LogP contribution in [0.25, 0.3) is 0 Å². The van der Waals surface area contributed by atoms with Gasteiger partial charge in [-0.15, -0.1) is 0 Å². The number of nitrogens with two attached hydrogens (primary N) is 1. The number of hydrogen-bond donors (Lipinski definition) is 1. The summed E-state index contributed by atoms with van der Waals surface area (Å²) in [4.78, 5) is 7.05. The van der Waals surface area contributed by atoms with Crippen LogP contribution in [0, 0.1) is 5.92 Å². The molecule has 3 heteroatoms. The van der Waals surface area contributed by atoms with Crippen molar-refractivity contribution in [2.24, 2.45) is 11.7 Å². The Morgan fingerprint density at radius 2 is 2.28 bits per heavy atom. The van der Waals surface area contributed by atoms with Crippen molar-refractivity contribution >= 4 is 5.82 Å². The maximum Gasteiger partial charge on any atom is 0.132 e. The van der Waals surface area contributed by atoms with E-state index in [1.54, 1.807) is 0 Å². The molecule has 1 aliphatic heterocycles. The second kappa shape index (κ2) is 5.70. The van der Waals surface area contributed by atoms with Crippen LogP contribution in [0.15, 0.2) is 18.3 Å². The fraction of sp³-hybridized carbons (Fsp3) is 0.667. The van der Waals surface area contributed by atoms with Crippen LogP contribution in [0.3, 0.4) is 0 Å². The lowest BCUT2D eigenvalue weighted by atomic mass is 10.0. The highest BCUT2D eigenvalue weighted by atomic mass is 15.2. The summed E-state index contributed by atoms with van der Waals surface area (Å²) in [5.41, 5.74) is 7.39. The fourth-order valence-corrected chi connectivity index (χ4v) is 2.87. The summed E-state index contributed by atoms with van der Waals surface area (Å²) in [6.45, 7) is 7.87.